The molecular weight excluding hydrogens is 441 g/mol. The molecule has 0 aromatic heterocycles. The monoisotopic (exact) mass is 475 g/mol. The van der Waals surface area contributed by atoms with Gasteiger partial charge in [0, 0.05) is 31.9 Å². The van der Waals surface area contributed by atoms with Gasteiger partial charge in [0.1, 0.15) is 19.3 Å². The van der Waals surface area contributed by atoms with Crippen molar-refractivity contribution in [3.8, 4) is 0 Å². The first-order valence-corrected chi connectivity index (χ1v) is 13.8. The molecule has 1 atom stereocenters. The summed E-state index contributed by atoms with van der Waals surface area (Å²) >= 11 is 1.97. The van der Waals surface area contributed by atoms with E-state index in [4.69, 9.17) is 9.47 Å². The summed E-state index contributed by atoms with van der Waals surface area (Å²) in [7, 11) is -3.32. The number of thioether (sulfide) groups is 1. The van der Waals surface area contributed by atoms with E-state index in [1.807, 2.05) is 35.7 Å². The fourth-order valence-corrected chi connectivity index (χ4v) is 5.82. The molecule has 1 aromatic rings. The fourth-order valence-electron chi connectivity index (χ4n) is 3.69. The van der Waals surface area contributed by atoms with Crippen LogP contribution in [0.5, 0.6) is 0 Å². The predicted octanol–water partition coefficient (Wildman–Crippen LogP) is 3.02. The largest absolute Gasteiger partial charge is 0.369 e. The van der Waals surface area contributed by atoms with Crippen molar-refractivity contribution in [3.05, 3.63) is 24.0 Å². The third-order valence-electron chi connectivity index (χ3n) is 5.43. The molecule has 2 heterocycles. The molecule has 176 valence electrons. The summed E-state index contributed by atoms with van der Waals surface area (Å²) in [5, 5.41) is 0. The number of anilines is 2. The van der Waals surface area contributed by atoms with Crippen molar-refractivity contribution in [1.82, 2.24) is 4.72 Å². The molecule has 2 fully saturated rings. The zero-order valence-corrected chi connectivity index (χ0v) is 19.9. The Bertz CT molecular complexity index is 789. The van der Waals surface area contributed by atoms with Crippen LogP contribution in [0.2, 0.25) is 0 Å². The standard InChI is InChI=1S/C21H34FN3O4S2/c1-2-3-12-31(26,27)23-14-19-15-25(16-28-17-29-19)18-6-7-21(20(22)13-18)24-8-4-10-30-11-5-9-24/h6-7,13,19,23H,2-5,8-12,14-17H2,1H3/t19-/m0/s1. The number of rotatable bonds is 8. The maximum absolute atomic E-state index is 15.0. The summed E-state index contributed by atoms with van der Waals surface area (Å²) in [4.78, 5) is 4.02. The van der Waals surface area contributed by atoms with Crippen LogP contribution in [0.1, 0.15) is 32.6 Å². The van der Waals surface area contributed by atoms with Gasteiger partial charge in [0.05, 0.1) is 17.5 Å². The van der Waals surface area contributed by atoms with Crippen LogP contribution in [0, 0.1) is 5.82 Å². The zero-order valence-electron chi connectivity index (χ0n) is 18.2. The lowest BCUT2D eigenvalue weighted by molar-refractivity contribution is -0.0624. The third-order valence-corrected chi connectivity index (χ3v) is 8.01. The molecular formula is C21H34FN3O4S2. The Hall–Kier alpha value is -1.07. The molecule has 2 aliphatic rings. The molecule has 0 unspecified atom stereocenters. The van der Waals surface area contributed by atoms with E-state index in [2.05, 4.69) is 9.62 Å². The molecule has 0 saturated carbocycles. The van der Waals surface area contributed by atoms with Crippen molar-refractivity contribution < 1.29 is 22.3 Å². The molecule has 31 heavy (non-hydrogen) atoms. The summed E-state index contributed by atoms with van der Waals surface area (Å²) in [6, 6.07) is 5.29. The maximum Gasteiger partial charge on any atom is 0.211 e. The molecule has 0 bridgehead atoms. The Labute approximate surface area is 189 Å². The van der Waals surface area contributed by atoms with E-state index in [1.54, 1.807) is 6.07 Å². The Morgan fingerprint density at radius 2 is 2.00 bits per heavy atom. The van der Waals surface area contributed by atoms with Gasteiger partial charge in [0.25, 0.3) is 0 Å². The first-order valence-electron chi connectivity index (χ1n) is 11.0. The van der Waals surface area contributed by atoms with Crippen molar-refractivity contribution in [3.63, 3.8) is 0 Å². The average molecular weight is 476 g/mol. The summed E-state index contributed by atoms with van der Waals surface area (Å²) < 4.78 is 52.9. The van der Waals surface area contributed by atoms with Gasteiger partial charge in [0.2, 0.25) is 10.0 Å². The summed E-state index contributed by atoms with van der Waals surface area (Å²) in [6.07, 6.45) is 3.17. The van der Waals surface area contributed by atoms with Crippen LogP contribution < -0.4 is 14.5 Å². The van der Waals surface area contributed by atoms with Gasteiger partial charge in [-0.1, -0.05) is 13.3 Å². The van der Waals surface area contributed by atoms with Crippen molar-refractivity contribution in [2.75, 3.05) is 66.8 Å². The van der Waals surface area contributed by atoms with Gasteiger partial charge < -0.3 is 19.3 Å². The van der Waals surface area contributed by atoms with E-state index in [0.29, 0.717) is 24.3 Å². The number of unbranched alkanes of at least 4 members (excludes halogenated alkanes) is 1. The Morgan fingerprint density at radius 1 is 1.23 bits per heavy atom. The molecule has 0 aliphatic carbocycles. The number of benzene rings is 1. The fraction of sp³-hybridized carbons (Fsp3) is 0.714. The van der Waals surface area contributed by atoms with Crippen LogP contribution in [0.15, 0.2) is 18.2 Å². The molecule has 3 rings (SSSR count). The van der Waals surface area contributed by atoms with Gasteiger partial charge in [0.15, 0.2) is 0 Å². The molecule has 0 spiro atoms. The lowest BCUT2D eigenvalue weighted by Gasteiger charge is -2.29. The van der Waals surface area contributed by atoms with Crippen LogP contribution in [0.25, 0.3) is 0 Å². The van der Waals surface area contributed by atoms with Crippen LogP contribution in [0.4, 0.5) is 15.8 Å². The minimum absolute atomic E-state index is 0.0736. The highest BCUT2D eigenvalue weighted by Gasteiger charge is 2.23. The SMILES string of the molecule is CCCCS(=O)(=O)NC[C@H]1CN(c2ccc(N3CCCSCCC3)c(F)c2)COCO1. The lowest BCUT2D eigenvalue weighted by atomic mass is 10.2. The second-order valence-corrected chi connectivity index (χ2v) is 11.1. The highest BCUT2D eigenvalue weighted by Crippen LogP contribution is 2.27. The second-order valence-electron chi connectivity index (χ2n) is 7.93. The number of ether oxygens (including phenoxy) is 2. The number of nitrogens with one attached hydrogen (secondary N) is 1. The van der Waals surface area contributed by atoms with E-state index < -0.39 is 10.0 Å². The second kappa shape index (κ2) is 12.2. The molecule has 2 aliphatic heterocycles. The molecule has 7 nitrogen and oxygen atoms in total. The maximum atomic E-state index is 15.0. The van der Waals surface area contributed by atoms with Crippen molar-refractivity contribution in [2.24, 2.45) is 0 Å². The predicted molar refractivity (Wildman–Crippen MR) is 125 cm³/mol. The van der Waals surface area contributed by atoms with E-state index in [-0.39, 0.29) is 37.7 Å². The summed E-state index contributed by atoms with van der Waals surface area (Å²) in [6.45, 7) is 4.60. The number of halogens is 1. The van der Waals surface area contributed by atoms with Crippen molar-refractivity contribution in [1.29, 1.82) is 0 Å². The summed E-state index contributed by atoms with van der Waals surface area (Å²) in [5.74, 6) is 2.10. The number of sulfonamides is 1. The van der Waals surface area contributed by atoms with E-state index >= 15 is 4.39 Å². The highest BCUT2D eigenvalue weighted by atomic mass is 32.2. The first kappa shape index (κ1) is 24.6. The van der Waals surface area contributed by atoms with E-state index in [9.17, 15) is 8.42 Å². The molecule has 10 heteroatoms. The molecule has 0 amide bonds. The minimum atomic E-state index is -3.32. The van der Waals surface area contributed by atoms with Gasteiger partial charge in [-0.3, -0.25) is 0 Å². The third kappa shape index (κ3) is 7.78. The normalized spacial score (nSPS) is 21.4. The van der Waals surface area contributed by atoms with Gasteiger partial charge in [-0.15, -0.1) is 0 Å². The quantitative estimate of drug-likeness (QED) is 0.620. The van der Waals surface area contributed by atoms with Gasteiger partial charge in [-0.05, 0) is 49.0 Å². The molecule has 0 radical (unpaired) electrons. The molecule has 1 N–H and O–H groups in total. The smallest absolute Gasteiger partial charge is 0.211 e. The average Bonchev–Trinajstić information content (AvgIpc) is 2.97. The number of hydrogen-bond acceptors (Lipinski definition) is 7. The zero-order chi connectivity index (χ0) is 22.1. The Kier molecular flexibility index (Phi) is 9.71. The highest BCUT2D eigenvalue weighted by molar-refractivity contribution is 7.99. The lowest BCUT2D eigenvalue weighted by Crippen LogP contribution is -2.41. The van der Waals surface area contributed by atoms with Gasteiger partial charge in [-0.25, -0.2) is 17.5 Å². The summed E-state index contributed by atoms with van der Waals surface area (Å²) in [5.41, 5.74) is 1.34. The topological polar surface area (TPSA) is 71.1 Å². The first-order chi connectivity index (χ1) is 15.0. The van der Waals surface area contributed by atoms with Crippen LogP contribution >= 0.6 is 11.8 Å². The van der Waals surface area contributed by atoms with Gasteiger partial charge >= 0.3 is 0 Å². The van der Waals surface area contributed by atoms with Gasteiger partial charge in [-0.2, -0.15) is 11.8 Å². The molecule has 2 saturated heterocycles. The van der Waals surface area contributed by atoms with E-state index in [1.165, 1.54) is 0 Å². The Morgan fingerprint density at radius 3 is 2.71 bits per heavy atom. The number of hydrogen-bond donors (Lipinski definition) is 1. The van der Waals surface area contributed by atoms with Crippen molar-refractivity contribution in [2.45, 2.75) is 38.7 Å². The van der Waals surface area contributed by atoms with Crippen molar-refractivity contribution >= 4 is 33.2 Å². The van der Waals surface area contributed by atoms with E-state index in [0.717, 1.165) is 43.9 Å². The van der Waals surface area contributed by atoms with Crippen LogP contribution in [-0.2, 0) is 19.5 Å². The van der Waals surface area contributed by atoms with Crippen LogP contribution in [-0.4, -0.2) is 71.5 Å². The molecule has 1 aromatic carbocycles. The minimum Gasteiger partial charge on any atom is -0.369 e. The number of nitrogens with zero attached hydrogens (tertiary/aromatic N) is 2. The Balaban J connectivity index is 1.63. The van der Waals surface area contributed by atoms with Crippen LogP contribution in [0.3, 0.4) is 0 Å².